The maximum atomic E-state index is 12.3. The van der Waals surface area contributed by atoms with Gasteiger partial charge >= 0.3 is 0 Å². The zero-order valence-corrected chi connectivity index (χ0v) is 16.8. The van der Waals surface area contributed by atoms with Gasteiger partial charge in [-0.1, -0.05) is 55.8 Å². The zero-order chi connectivity index (χ0) is 20.3. The number of hydrogen-bond acceptors (Lipinski definition) is 3. The van der Waals surface area contributed by atoms with E-state index in [1.165, 1.54) is 6.07 Å². The molecule has 4 aromatic rings. The normalized spacial score (nSPS) is 10.4. The van der Waals surface area contributed by atoms with Gasteiger partial charge in [0.1, 0.15) is 5.65 Å². The van der Waals surface area contributed by atoms with Gasteiger partial charge in [0.05, 0.1) is 21.8 Å². The fraction of sp³-hybridized carbons (Fsp3) is 0.130. The largest absolute Gasteiger partial charge is 0.397 e. The van der Waals surface area contributed by atoms with E-state index in [0.717, 1.165) is 27.9 Å². The Kier molecular flexibility index (Phi) is 5.81. The van der Waals surface area contributed by atoms with Crippen LogP contribution < -0.4 is 11.2 Å². The molecule has 0 spiro atoms. The van der Waals surface area contributed by atoms with Crippen LogP contribution in [0.1, 0.15) is 19.4 Å². The van der Waals surface area contributed by atoms with Crippen LogP contribution in [0.5, 0.6) is 0 Å². The predicted octanol–water partition coefficient (Wildman–Crippen LogP) is 5.83. The third-order valence-electron chi connectivity index (χ3n) is 4.44. The summed E-state index contributed by atoms with van der Waals surface area (Å²) >= 11 is 6.30. The van der Waals surface area contributed by atoms with Crippen molar-refractivity contribution >= 4 is 28.3 Å². The molecule has 0 fully saturated rings. The van der Waals surface area contributed by atoms with E-state index < -0.39 is 0 Å². The number of H-pyrrole nitrogens is 1. The molecule has 0 aliphatic carbocycles. The van der Waals surface area contributed by atoms with Crippen LogP contribution in [0.3, 0.4) is 0 Å². The summed E-state index contributed by atoms with van der Waals surface area (Å²) in [5.41, 5.74) is 11.4. The highest BCUT2D eigenvalue weighted by molar-refractivity contribution is 6.33. The lowest BCUT2D eigenvalue weighted by Crippen LogP contribution is -2.03. The highest BCUT2D eigenvalue weighted by atomic mass is 35.5. The van der Waals surface area contributed by atoms with Gasteiger partial charge in [0.15, 0.2) is 5.43 Å². The minimum Gasteiger partial charge on any atom is -0.397 e. The number of hydrogen-bond donors (Lipinski definition) is 2. The van der Waals surface area contributed by atoms with E-state index in [-0.39, 0.29) is 5.43 Å². The summed E-state index contributed by atoms with van der Waals surface area (Å²) in [6.07, 6.45) is 1.61. The van der Waals surface area contributed by atoms with Crippen molar-refractivity contribution < 1.29 is 0 Å². The number of pyridine rings is 2. The predicted molar refractivity (Wildman–Crippen MR) is 119 cm³/mol. The van der Waals surface area contributed by atoms with Gasteiger partial charge in [-0.15, -0.1) is 0 Å². The second-order valence-electron chi connectivity index (χ2n) is 6.18. The van der Waals surface area contributed by atoms with Gasteiger partial charge < -0.3 is 10.7 Å². The second kappa shape index (κ2) is 8.28. The Hall–Kier alpha value is -3.11. The van der Waals surface area contributed by atoms with Gasteiger partial charge in [0, 0.05) is 23.4 Å². The molecule has 0 saturated heterocycles. The van der Waals surface area contributed by atoms with Crippen LogP contribution in [0.25, 0.3) is 33.4 Å². The van der Waals surface area contributed by atoms with Gasteiger partial charge in [-0.3, -0.25) is 4.79 Å². The number of nitrogen functional groups attached to an aromatic ring is 1. The molecule has 0 bridgehead atoms. The molecule has 2 aromatic heterocycles. The third-order valence-corrected chi connectivity index (χ3v) is 4.75. The van der Waals surface area contributed by atoms with Crippen molar-refractivity contribution in [3.8, 4) is 22.4 Å². The SMILES string of the molecule is CC.Cc1cc(-c2cc3c(=O)cc[nH]c3nc2-c2ccccc2)cc(Cl)c1N. The minimum absolute atomic E-state index is 0.0784. The summed E-state index contributed by atoms with van der Waals surface area (Å²) in [6.45, 7) is 5.91. The Morgan fingerprint density at radius 1 is 1.00 bits per heavy atom. The van der Waals surface area contributed by atoms with Crippen LogP contribution in [0.2, 0.25) is 5.02 Å². The maximum absolute atomic E-state index is 12.3. The second-order valence-corrected chi connectivity index (χ2v) is 6.58. The summed E-state index contributed by atoms with van der Waals surface area (Å²) in [5.74, 6) is 0. The van der Waals surface area contributed by atoms with Crippen molar-refractivity contribution in [3.63, 3.8) is 0 Å². The molecule has 0 atom stereocenters. The molecule has 28 heavy (non-hydrogen) atoms. The smallest absolute Gasteiger partial charge is 0.191 e. The minimum atomic E-state index is -0.0784. The zero-order valence-electron chi connectivity index (χ0n) is 16.1. The lowest BCUT2D eigenvalue weighted by molar-refractivity contribution is 1.28. The van der Waals surface area contributed by atoms with E-state index in [9.17, 15) is 4.79 Å². The highest BCUT2D eigenvalue weighted by Crippen LogP contribution is 2.36. The molecule has 0 aliphatic rings. The molecule has 2 aromatic carbocycles. The molecule has 4 rings (SSSR count). The number of halogens is 1. The maximum Gasteiger partial charge on any atom is 0.191 e. The Labute approximate surface area is 169 Å². The fourth-order valence-corrected chi connectivity index (χ4v) is 3.31. The van der Waals surface area contributed by atoms with E-state index in [1.807, 2.05) is 69.3 Å². The van der Waals surface area contributed by atoms with Crippen molar-refractivity contribution in [2.75, 3.05) is 5.73 Å². The molecule has 0 amide bonds. The van der Waals surface area contributed by atoms with Gasteiger partial charge in [0.25, 0.3) is 0 Å². The Balaban J connectivity index is 0.00000109. The first-order valence-corrected chi connectivity index (χ1v) is 9.56. The monoisotopic (exact) mass is 391 g/mol. The van der Waals surface area contributed by atoms with Gasteiger partial charge in [-0.25, -0.2) is 4.98 Å². The number of rotatable bonds is 2. The number of nitrogens with two attached hydrogens (primary N) is 1. The molecule has 5 heteroatoms. The number of benzene rings is 2. The molecular weight excluding hydrogens is 370 g/mol. The lowest BCUT2D eigenvalue weighted by Gasteiger charge is -2.13. The number of nitrogens with one attached hydrogen (secondary N) is 1. The molecule has 0 radical (unpaired) electrons. The first kappa shape index (κ1) is 19.6. The van der Waals surface area contributed by atoms with Crippen LogP contribution in [0, 0.1) is 6.92 Å². The fourth-order valence-electron chi connectivity index (χ4n) is 3.04. The number of aromatic amines is 1. The summed E-state index contributed by atoms with van der Waals surface area (Å²) in [5, 5.41) is 1.02. The highest BCUT2D eigenvalue weighted by Gasteiger charge is 2.15. The molecule has 142 valence electrons. The molecule has 0 saturated carbocycles. The van der Waals surface area contributed by atoms with Crippen molar-refractivity contribution in [1.82, 2.24) is 9.97 Å². The molecule has 0 unspecified atom stereocenters. The van der Waals surface area contributed by atoms with E-state index in [0.29, 0.717) is 21.7 Å². The number of fused-ring (bicyclic) bond motifs is 1. The number of anilines is 1. The van der Waals surface area contributed by atoms with Crippen LogP contribution in [0.15, 0.2) is 65.6 Å². The van der Waals surface area contributed by atoms with Crippen LogP contribution in [-0.4, -0.2) is 9.97 Å². The summed E-state index contributed by atoms with van der Waals surface area (Å²) < 4.78 is 0. The standard InChI is InChI=1S/C21H16ClN3O.C2H6/c1-12-9-14(10-17(22)19(12)23)15-11-16-18(26)7-8-24-21(16)25-20(15)13-5-3-2-4-6-13;1-2/h2-11H,23H2,1H3,(H,24,25,26);1-2H3. The Bertz CT molecular complexity index is 1160. The van der Waals surface area contributed by atoms with Crippen molar-refractivity contribution in [3.05, 3.63) is 81.6 Å². The first-order chi connectivity index (χ1) is 13.5. The van der Waals surface area contributed by atoms with Crippen molar-refractivity contribution in [2.24, 2.45) is 0 Å². The summed E-state index contributed by atoms with van der Waals surface area (Å²) in [7, 11) is 0. The molecule has 2 heterocycles. The summed E-state index contributed by atoms with van der Waals surface area (Å²) in [6, 6.07) is 17.0. The van der Waals surface area contributed by atoms with E-state index >= 15 is 0 Å². The average molecular weight is 392 g/mol. The van der Waals surface area contributed by atoms with E-state index in [4.69, 9.17) is 22.3 Å². The molecule has 0 aliphatic heterocycles. The summed E-state index contributed by atoms with van der Waals surface area (Å²) in [4.78, 5) is 20.1. The van der Waals surface area contributed by atoms with Crippen LogP contribution in [0.4, 0.5) is 5.69 Å². The molecular formula is C23H22ClN3O. The Morgan fingerprint density at radius 2 is 1.71 bits per heavy atom. The lowest BCUT2D eigenvalue weighted by atomic mass is 9.96. The van der Waals surface area contributed by atoms with E-state index in [1.54, 1.807) is 6.20 Å². The van der Waals surface area contributed by atoms with Gasteiger partial charge in [0.2, 0.25) is 0 Å². The molecule has 4 nitrogen and oxygen atoms in total. The molecule has 3 N–H and O–H groups in total. The van der Waals surface area contributed by atoms with Crippen LogP contribution >= 0.6 is 11.6 Å². The topological polar surface area (TPSA) is 71.8 Å². The Morgan fingerprint density at radius 3 is 2.39 bits per heavy atom. The van der Waals surface area contributed by atoms with Crippen molar-refractivity contribution in [1.29, 1.82) is 0 Å². The first-order valence-electron chi connectivity index (χ1n) is 9.18. The van der Waals surface area contributed by atoms with Crippen LogP contribution in [-0.2, 0) is 0 Å². The van der Waals surface area contributed by atoms with Gasteiger partial charge in [-0.2, -0.15) is 0 Å². The van der Waals surface area contributed by atoms with E-state index in [2.05, 4.69) is 4.98 Å². The number of nitrogens with zero attached hydrogens (tertiary/aromatic N) is 1. The van der Waals surface area contributed by atoms with Gasteiger partial charge in [-0.05, 0) is 36.2 Å². The quantitative estimate of drug-likeness (QED) is 0.422. The number of aryl methyl sites for hydroxylation is 1. The third kappa shape index (κ3) is 3.64. The average Bonchev–Trinajstić information content (AvgIpc) is 2.73. The number of aromatic nitrogens is 2. The van der Waals surface area contributed by atoms with Crippen molar-refractivity contribution in [2.45, 2.75) is 20.8 Å².